The Morgan fingerprint density at radius 1 is 1.38 bits per heavy atom. The molecule has 1 amide bonds. The number of amides is 1. The van der Waals surface area contributed by atoms with Gasteiger partial charge in [0.15, 0.2) is 18.1 Å². The normalized spacial score (nSPS) is 10.8. The topological polar surface area (TPSA) is 118 Å². The Balaban J connectivity index is 3.13. The van der Waals surface area contributed by atoms with Gasteiger partial charge in [-0.1, -0.05) is 0 Å². The number of carboxylic acids is 1. The van der Waals surface area contributed by atoms with Gasteiger partial charge >= 0.3 is 5.97 Å². The fourth-order valence-corrected chi connectivity index (χ4v) is 2.46. The van der Waals surface area contributed by atoms with Crippen LogP contribution in [-0.4, -0.2) is 50.5 Å². The number of benzene rings is 1. The highest BCUT2D eigenvalue weighted by atomic mass is 79.9. The third-order valence-corrected chi connectivity index (χ3v) is 3.53. The van der Waals surface area contributed by atoms with E-state index in [1.54, 1.807) is 19.1 Å². The number of nitrogens with one attached hydrogen (secondary N) is 1. The van der Waals surface area contributed by atoms with Crippen molar-refractivity contribution in [2.75, 3.05) is 33.5 Å². The maximum absolute atomic E-state index is 12.0. The lowest BCUT2D eigenvalue weighted by Gasteiger charge is -2.13. The van der Waals surface area contributed by atoms with E-state index in [4.69, 9.17) is 19.3 Å². The molecule has 0 fully saturated rings. The zero-order valence-electron chi connectivity index (χ0n) is 14.4. The number of hydrogen-bond acceptors (Lipinski definition) is 6. The van der Waals surface area contributed by atoms with Gasteiger partial charge in [0.1, 0.15) is 11.6 Å². The molecule has 26 heavy (non-hydrogen) atoms. The van der Waals surface area contributed by atoms with E-state index < -0.39 is 18.5 Å². The zero-order chi connectivity index (χ0) is 19.5. The number of methoxy groups -OCH3 is 1. The lowest BCUT2D eigenvalue weighted by atomic mass is 10.1. The number of hydrogen-bond donors (Lipinski definition) is 2. The van der Waals surface area contributed by atoms with E-state index in [0.29, 0.717) is 29.0 Å². The summed E-state index contributed by atoms with van der Waals surface area (Å²) in [6.45, 7) is 2.18. The molecule has 0 bridgehead atoms. The zero-order valence-corrected chi connectivity index (χ0v) is 16.0. The van der Waals surface area contributed by atoms with Crippen LogP contribution in [0.1, 0.15) is 12.5 Å². The van der Waals surface area contributed by atoms with Gasteiger partial charge in [-0.3, -0.25) is 4.79 Å². The number of rotatable bonds is 10. The van der Waals surface area contributed by atoms with Crippen molar-refractivity contribution in [2.24, 2.45) is 0 Å². The quantitative estimate of drug-likeness (QED) is 0.333. The average molecular weight is 427 g/mol. The van der Waals surface area contributed by atoms with Gasteiger partial charge in [-0.25, -0.2) is 4.79 Å². The minimum Gasteiger partial charge on any atom is -0.490 e. The van der Waals surface area contributed by atoms with Crippen LogP contribution in [-0.2, 0) is 14.3 Å². The Bertz CT molecular complexity index is 727. The van der Waals surface area contributed by atoms with E-state index in [1.807, 2.05) is 6.07 Å². The van der Waals surface area contributed by atoms with Gasteiger partial charge in [0.2, 0.25) is 0 Å². The number of halogens is 1. The number of carboxylic acid groups (broad SMARTS) is 1. The summed E-state index contributed by atoms with van der Waals surface area (Å²) in [4.78, 5) is 22.7. The van der Waals surface area contributed by atoms with Crippen molar-refractivity contribution in [1.82, 2.24) is 5.32 Å². The van der Waals surface area contributed by atoms with E-state index in [-0.39, 0.29) is 17.9 Å². The summed E-state index contributed by atoms with van der Waals surface area (Å²) in [6.07, 6.45) is 1.40. The van der Waals surface area contributed by atoms with Crippen molar-refractivity contribution >= 4 is 33.9 Å². The van der Waals surface area contributed by atoms with Crippen LogP contribution >= 0.6 is 15.9 Å². The highest BCUT2D eigenvalue weighted by molar-refractivity contribution is 9.10. The van der Waals surface area contributed by atoms with Gasteiger partial charge in [-0.05, 0) is 46.6 Å². The number of carbonyl (C=O) groups is 2. The molecule has 0 aliphatic carbocycles. The van der Waals surface area contributed by atoms with Crippen LogP contribution in [0, 0.1) is 11.3 Å². The third kappa shape index (κ3) is 6.74. The highest BCUT2D eigenvalue weighted by Crippen LogP contribution is 2.37. The first-order valence-electron chi connectivity index (χ1n) is 7.62. The minimum absolute atomic E-state index is 0.0883. The number of aliphatic carboxylic acids is 1. The standard InChI is InChI=1S/C17H19BrN2O6/c1-3-25-14-8-11(7-13(18)16(14)26-10-15(21)22)6-12(9-19)17(23)20-4-5-24-2/h6-8H,3-5,10H2,1-2H3,(H,20,23)(H,21,22)/b12-6+. The first kappa shape index (κ1) is 21.5. The molecular formula is C17H19BrN2O6. The molecule has 1 aromatic carbocycles. The summed E-state index contributed by atoms with van der Waals surface area (Å²) < 4.78 is 16.0. The van der Waals surface area contributed by atoms with E-state index >= 15 is 0 Å². The predicted octanol–water partition coefficient (Wildman–Crippen LogP) is 1.98. The lowest BCUT2D eigenvalue weighted by Crippen LogP contribution is -2.27. The van der Waals surface area contributed by atoms with Gasteiger partial charge in [0.25, 0.3) is 5.91 Å². The van der Waals surface area contributed by atoms with Crippen LogP contribution in [0.15, 0.2) is 22.2 Å². The molecule has 1 aromatic rings. The molecule has 2 N–H and O–H groups in total. The van der Waals surface area contributed by atoms with Crippen LogP contribution in [0.5, 0.6) is 11.5 Å². The second-order valence-corrected chi connectivity index (χ2v) is 5.72. The molecule has 0 unspecified atom stereocenters. The summed E-state index contributed by atoms with van der Waals surface area (Å²) in [6, 6.07) is 5.00. The second kappa shape index (κ2) is 11.1. The molecule has 0 heterocycles. The Kier molecular flexibility index (Phi) is 9.19. The van der Waals surface area contributed by atoms with Gasteiger partial charge in [-0.2, -0.15) is 5.26 Å². The summed E-state index contributed by atoms with van der Waals surface area (Å²) in [7, 11) is 1.51. The summed E-state index contributed by atoms with van der Waals surface area (Å²) >= 11 is 3.29. The average Bonchev–Trinajstić information content (AvgIpc) is 2.59. The number of carbonyl (C=O) groups excluding carboxylic acids is 1. The molecule has 0 aliphatic heterocycles. The maximum Gasteiger partial charge on any atom is 0.341 e. The first-order valence-corrected chi connectivity index (χ1v) is 8.42. The fraction of sp³-hybridized carbons (Fsp3) is 0.353. The van der Waals surface area contributed by atoms with Crippen molar-refractivity contribution in [3.8, 4) is 17.6 Å². The van der Waals surface area contributed by atoms with Crippen molar-refractivity contribution in [1.29, 1.82) is 5.26 Å². The molecule has 0 saturated heterocycles. The Hall–Kier alpha value is -2.57. The van der Waals surface area contributed by atoms with Gasteiger partial charge in [-0.15, -0.1) is 0 Å². The molecule has 0 saturated carbocycles. The fourth-order valence-electron chi connectivity index (χ4n) is 1.89. The molecule has 1 rings (SSSR count). The first-order chi connectivity index (χ1) is 12.4. The molecule has 9 heteroatoms. The van der Waals surface area contributed by atoms with Gasteiger partial charge < -0.3 is 24.6 Å². The Morgan fingerprint density at radius 3 is 2.69 bits per heavy atom. The summed E-state index contributed by atoms with van der Waals surface area (Å²) in [5.41, 5.74) is 0.427. The van der Waals surface area contributed by atoms with E-state index in [1.165, 1.54) is 13.2 Å². The number of nitriles is 1. The van der Waals surface area contributed by atoms with Crippen molar-refractivity contribution < 1.29 is 28.9 Å². The van der Waals surface area contributed by atoms with E-state index in [2.05, 4.69) is 21.2 Å². The predicted molar refractivity (Wildman–Crippen MR) is 96.9 cm³/mol. The Labute approximate surface area is 159 Å². The molecule has 0 atom stereocenters. The molecule has 140 valence electrons. The summed E-state index contributed by atoms with van der Waals surface area (Å²) in [5, 5.41) is 20.5. The van der Waals surface area contributed by atoms with Gasteiger partial charge in [0, 0.05) is 13.7 Å². The van der Waals surface area contributed by atoms with Crippen LogP contribution < -0.4 is 14.8 Å². The van der Waals surface area contributed by atoms with Crippen LogP contribution in [0.3, 0.4) is 0 Å². The van der Waals surface area contributed by atoms with Crippen molar-refractivity contribution in [3.05, 3.63) is 27.7 Å². The lowest BCUT2D eigenvalue weighted by molar-refractivity contribution is -0.139. The Morgan fingerprint density at radius 2 is 2.12 bits per heavy atom. The molecule has 0 spiro atoms. The van der Waals surface area contributed by atoms with E-state index in [9.17, 15) is 14.9 Å². The van der Waals surface area contributed by atoms with Crippen molar-refractivity contribution in [3.63, 3.8) is 0 Å². The highest BCUT2D eigenvalue weighted by Gasteiger charge is 2.15. The second-order valence-electron chi connectivity index (χ2n) is 4.86. The van der Waals surface area contributed by atoms with Crippen LogP contribution in [0.2, 0.25) is 0 Å². The SMILES string of the molecule is CCOc1cc(/C=C(\C#N)C(=O)NCCOC)cc(Br)c1OCC(=O)O. The number of nitrogens with zero attached hydrogens (tertiary/aromatic N) is 1. The molecule has 0 aromatic heterocycles. The largest absolute Gasteiger partial charge is 0.490 e. The third-order valence-electron chi connectivity index (χ3n) is 2.94. The molecule has 0 radical (unpaired) electrons. The molecular weight excluding hydrogens is 408 g/mol. The smallest absolute Gasteiger partial charge is 0.341 e. The molecule has 0 aliphatic rings. The summed E-state index contributed by atoms with van der Waals surface area (Å²) in [5.74, 6) is -1.12. The van der Waals surface area contributed by atoms with Crippen LogP contribution in [0.25, 0.3) is 6.08 Å². The van der Waals surface area contributed by atoms with E-state index in [0.717, 1.165) is 0 Å². The van der Waals surface area contributed by atoms with Crippen molar-refractivity contribution in [2.45, 2.75) is 6.92 Å². The minimum atomic E-state index is -1.12. The monoisotopic (exact) mass is 426 g/mol. The molecule has 8 nitrogen and oxygen atoms in total. The van der Waals surface area contributed by atoms with Gasteiger partial charge in [0.05, 0.1) is 17.7 Å². The van der Waals surface area contributed by atoms with Crippen LogP contribution in [0.4, 0.5) is 0 Å². The number of ether oxygens (including phenoxy) is 3. The maximum atomic E-state index is 12.0.